The standard InChI is InChI=1S/C23H26N2O2S2/c1-16-8-10-19(11-9-16)28-14-12-21(26)25(15-18-6-4-13-27-18)23-24-22-17(2)5-3-7-20(22)29-23/h3,5,7-11,18H,4,6,12-15H2,1-2H3. The summed E-state index contributed by atoms with van der Waals surface area (Å²) in [7, 11) is 0. The van der Waals surface area contributed by atoms with Crippen LogP contribution in [0.3, 0.4) is 0 Å². The normalized spacial score (nSPS) is 16.4. The summed E-state index contributed by atoms with van der Waals surface area (Å²) in [5, 5.41) is 0.787. The summed E-state index contributed by atoms with van der Waals surface area (Å²) in [6.45, 7) is 5.53. The van der Waals surface area contributed by atoms with Crippen LogP contribution < -0.4 is 4.90 Å². The molecule has 2 heterocycles. The zero-order chi connectivity index (χ0) is 20.2. The van der Waals surface area contributed by atoms with Gasteiger partial charge in [0.1, 0.15) is 0 Å². The number of carbonyl (C=O) groups excluding carboxylic acids is 1. The number of thioether (sulfide) groups is 1. The molecule has 0 bridgehead atoms. The van der Waals surface area contributed by atoms with Crippen molar-refractivity contribution in [2.75, 3.05) is 23.8 Å². The van der Waals surface area contributed by atoms with E-state index < -0.39 is 0 Å². The van der Waals surface area contributed by atoms with Gasteiger partial charge in [-0.25, -0.2) is 4.98 Å². The molecule has 0 saturated carbocycles. The molecular formula is C23H26N2O2S2. The van der Waals surface area contributed by atoms with E-state index in [-0.39, 0.29) is 12.0 Å². The third-order valence-corrected chi connectivity index (χ3v) is 7.21. The number of para-hydroxylation sites is 1. The molecule has 6 heteroatoms. The number of hydrogen-bond donors (Lipinski definition) is 0. The number of aromatic nitrogens is 1. The zero-order valence-electron chi connectivity index (χ0n) is 16.9. The molecule has 29 heavy (non-hydrogen) atoms. The van der Waals surface area contributed by atoms with E-state index in [1.807, 2.05) is 11.0 Å². The van der Waals surface area contributed by atoms with Gasteiger partial charge in [-0.2, -0.15) is 0 Å². The molecule has 3 aromatic rings. The molecule has 0 aliphatic carbocycles. The number of rotatable bonds is 7. The molecule has 0 N–H and O–H groups in total. The first-order chi connectivity index (χ1) is 14.1. The van der Waals surface area contributed by atoms with Crippen LogP contribution in [0.1, 0.15) is 30.4 Å². The minimum Gasteiger partial charge on any atom is -0.376 e. The van der Waals surface area contributed by atoms with Crippen LogP contribution in [0.25, 0.3) is 10.2 Å². The average molecular weight is 427 g/mol. The summed E-state index contributed by atoms with van der Waals surface area (Å²) in [5.41, 5.74) is 3.38. The number of anilines is 1. The van der Waals surface area contributed by atoms with E-state index in [2.05, 4.69) is 50.2 Å². The third-order valence-electron chi connectivity index (χ3n) is 5.16. The van der Waals surface area contributed by atoms with Gasteiger partial charge >= 0.3 is 0 Å². The fourth-order valence-corrected chi connectivity index (χ4v) is 5.41. The molecule has 1 atom stereocenters. The summed E-state index contributed by atoms with van der Waals surface area (Å²) < 4.78 is 6.94. The highest BCUT2D eigenvalue weighted by Gasteiger charge is 2.26. The van der Waals surface area contributed by atoms with Crippen molar-refractivity contribution in [1.82, 2.24) is 4.98 Å². The lowest BCUT2D eigenvalue weighted by Gasteiger charge is -2.23. The maximum Gasteiger partial charge on any atom is 0.229 e. The monoisotopic (exact) mass is 426 g/mol. The topological polar surface area (TPSA) is 42.4 Å². The zero-order valence-corrected chi connectivity index (χ0v) is 18.5. The van der Waals surface area contributed by atoms with E-state index in [4.69, 9.17) is 9.72 Å². The largest absolute Gasteiger partial charge is 0.376 e. The molecule has 0 spiro atoms. The van der Waals surface area contributed by atoms with E-state index in [0.29, 0.717) is 13.0 Å². The Morgan fingerprint density at radius 3 is 2.79 bits per heavy atom. The van der Waals surface area contributed by atoms with Crippen LogP contribution in [0.5, 0.6) is 0 Å². The van der Waals surface area contributed by atoms with E-state index in [0.717, 1.165) is 46.1 Å². The molecule has 1 amide bonds. The molecule has 1 fully saturated rings. The number of amides is 1. The predicted molar refractivity (Wildman–Crippen MR) is 122 cm³/mol. The lowest BCUT2D eigenvalue weighted by atomic mass is 10.2. The van der Waals surface area contributed by atoms with Crippen molar-refractivity contribution >= 4 is 44.4 Å². The first kappa shape index (κ1) is 20.4. The lowest BCUT2D eigenvalue weighted by molar-refractivity contribution is -0.118. The number of fused-ring (bicyclic) bond motifs is 1. The van der Waals surface area contributed by atoms with Gasteiger partial charge in [0.2, 0.25) is 5.91 Å². The predicted octanol–water partition coefficient (Wildman–Crippen LogP) is 5.61. The molecule has 152 valence electrons. The van der Waals surface area contributed by atoms with Crippen molar-refractivity contribution in [3.8, 4) is 0 Å². The minimum absolute atomic E-state index is 0.108. The first-order valence-electron chi connectivity index (χ1n) is 10.1. The Kier molecular flexibility index (Phi) is 6.53. The summed E-state index contributed by atoms with van der Waals surface area (Å²) in [6.07, 6.45) is 2.66. The Labute approximate surface area is 180 Å². The molecular weight excluding hydrogens is 400 g/mol. The van der Waals surface area contributed by atoms with Gasteiger partial charge in [-0.3, -0.25) is 9.69 Å². The molecule has 1 saturated heterocycles. The van der Waals surface area contributed by atoms with Crippen LogP contribution in [-0.4, -0.2) is 35.9 Å². The smallest absolute Gasteiger partial charge is 0.229 e. The van der Waals surface area contributed by atoms with Crippen molar-refractivity contribution < 1.29 is 9.53 Å². The number of carbonyl (C=O) groups is 1. The van der Waals surface area contributed by atoms with Crippen molar-refractivity contribution in [3.05, 3.63) is 53.6 Å². The van der Waals surface area contributed by atoms with E-state index in [9.17, 15) is 4.79 Å². The van der Waals surface area contributed by atoms with Crippen molar-refractivity contribution in [2.45, 2.75) is 44.1 Å². The second-order valence-electron chi connectivity index (χ2n) is 7.47. The molecule has 4 rings (SSSR count). The molecule has 1 aliphatic rings. The number of thiazole rings is 1. The van der Waals surface area contributed by atoms with Crippen LogP contribution in [-0.2, 0) is 9.53 Å². The molecule has 4 nitrogen and oxygen atoms in total. The summed E-state index contributed by atoms with van der Waals surface area (Å²) in [5.74, 6) is 0.880. The highest BCUT2D eigenvalue weighted by Crippen LogP contribution is 2.32. The van der Waals surface area contributed by atoms with Crippen LogP contribution in [0.15, 0.2) is 47.4 Å². The molecule has 1 aliphatic heterocycles. The molecule has 1 aromatic heterocycles. The Morgan fingerprint density at radius 2 is 2.07 bits per heavy atom. The maximum absolute atomic E-state index is 13.2. The average Bonchev–Trinajstić information content (AvgIpc) is 3.37. The number of nitrogens with zero attached hydrogens (tertiary/aromatic N) is 2. The molecule has 2 aromatic carbocycles. The van der Waals surface area contributed by atoms with Gasteiger partial charge < -0.3 is 4.74 Å². The summed E-state index contributed by atoms with van der Waals surface area (Å²) in [4.78, 5) is 21.0. The van der Waals surface area contributed by atoms with Crippen LogP contribution in [0.2, 0.25) is 0 Å². The van der Waals surface area contributed by atoms with E-state index >= 15 is 0 Å². The van der Waals surface area contributed by atoms with Crippen LogP contribution in [0.4, 0.5) is 5.13 Å². The number of benzene rings is 2. The van der Waals surface area contributed by atoms with Crippen molar-refractivity contribution in [1.29, 1.82) is 0 Å². The second-order valence-corrected chi connectivity index (χ2v) is 9.65. The summed E-state index contributed by atoms with van der Waals surface area (Å²) in [6, 6.07) is 14.6. The molecule has 0 radical (unpaired) electrons. The Balaban J connectivity index is 1.48. The fraction of sp³-hybridized carbons (Fsp3) is 0.391. The van der Waals surface area contributed by atoms with Gasteiger partial charge in [-0.1, -0.05) is 41.2 Å². The Bertz CT molecular complexity index is 978. The second kappa shape index (κ2) is 9.28. The number of hydrogen-bond acceptors (Lipinski definition) is 5. The van der Waals surface area contributed by atoms with E-state index in [1.54, 1.807) is 23.1 Å². The van der Waals surface area contributed by atoms with Gasteiger partial charge in [0.25, 0.3) is 0 Å². The SMILES string of the molecule is Cc1ccc(SCCC(=O)N(CC2CCCO2)c2nc3c(C)cccc3s2)cc1. The highest BCUT2D eigenvalue weighted by molar-refractivity contribution is 7.99. The van der Waals surface area contributed by atoms with Gasteiger partial charge in [-0.15, -0.1) is 11.8 Å². The van der Waals surface area contributed by atoms with Crippen LogP contribution >= 0.6 is 23.1 Å². The highest BCUT2D eigenvalue weighted by atomic mass is 32.2. The van der Waals surface area contributed by atoms with Crippen molar-refractivity contribution in [2.24, 2.45) is 0 Å². The molecule has 1 unspecified atom stereocenters. The van der Waals surface area contributed by atoms with Crippen LogP contribution in [0, 0.1) is 13.8 Å². The van der Waals surface area contributed by atoms with E-state index in [1.165, 1.54) is 10.5 Å². The number of ether oxygens (including phenoxy) is 1. The minimum atomic E-state index is 0.108. The number of aryl methyl sites for hydroxylation is 2. The Morgan fingerprint density at radius 1 is 1.24 bits per heavy atom. The quantitative estimate of drug-likeness (QED) is 0.461. The lowest BCUT2D eigenvalue weighted by Crippen LogP contribution is -2.37. The Hall–Kier alpha value is -1.89. The van der Waals surface area contributed by atoms with Crippen molar-refractivity contribution in [3.63, 3.8) is 0 Å². The summed E-state index contributed by atoms with van der Waals surface area (Å²) >= 11 is 3.32. The van der Waals surface area contributed by atoms with Gasteiger partial charge in [0.05, 0.1) is 22.9 Å². The maximum atomic E-state index is 13.2. The third kappa shape index (κ3) is 5.00. The van der Waals surface area contributed by atoms with Gasteiger partial charge in [0.15, 0.2) is 5.13 Å². The van der Waals surface area contributed by atoms with Gasteiger partial charge in [0, 0.05) is 23.7 Å². The first-order valence-corrected chi connectivity index (χ1v) is 11.9. The fourth-order valence-electron chi connectivity index (χ4n) is 3.49. The van der Waals surface area contributed by atoms with Gasteiger partial charge in [-0.05, 0) is 50.5 Å².